The number of carbonyl (C=O) groups is 1. The van der Waals surface area contributed by atoms with Gasteiger partial charge in [-0.1, -0.05) is 18.6 Å². The van der Waals surface area contributed by atoms with Gasteiger partial charge in [-0.3, -0.25) is 4.79 Å². The smallest absolute Gasteiger partial charge is 0.340 e. The maximum atomic E-state index is 12.8. The molecule has 136 valence electrons. The molecule has 3 heterocycles. The van der Waals surface area contributed by atoms with Crippen LogP contribution in [0.4, 0.5) is 4.79 Å². The lowest BCUT2D eigenvalue weighted by atomic mass is 10.1. The number of nitrogens with two attached hydrogens (primary N) is 1. The lowest BCUT2D eigenvalue weighted by Crippen LogP contribution is -2.37. The minimum absolute atomic E-state index is 0.133. The van der Waals surface area contributed by atoms with Crippen molar-refractivity contribution in [3.8, 4) is 0 Å². The molecule has 1 saturated heterocycles. The summed E-state index contributed by atoms with van der Waals surface area (Å²) >= 11 is 0. The first-order valence-electron chi connectivity index (χ1n) is 7.70. The summed E-state index contributed by atoms with van der Waals surface area (Å²) in [5.74, 6) is 0. The number of aryl methyl sites for hydroxylation is 1. The zero-order valence-electron chi connectivity index (χ0n) is 13.3. The van der Waals surface area contributed by atoms with Crippen LogP contribution in [0.2, 0.25) is 0 Å². The number of ether oxygens (including phenoxy) is 1. The van der Waals surface area contributed by atoms with Gasteiger partial charge in [0.05, 0.1) is 12.3 Å². The molecule has 12 nitrogen and oxygen atoms in total. The van der Waals surface area contributed by atoms with Gasteiger partial charge in [0, 0.05) is 0 Å². The highest BCUT2D eigenvalue weighted by Gasteiger charge is 2.44. The normalized spacial score (nSPS) is 26.4. The standard InChI is InChI=1S/C13H18N6O6/c1-2-3-5-7-8(18(16-5)13(14)24)11(23)19(17-15-7)12-10(22)9(21)6(4-20)25-12/h6,9-10,12,20-22H,2-4H2,1H3,(H2,14,24). The van der Waals surface area contributed by atoms with E-state index in [4.69, 9.17) is 15.6 Å². The molecule has 4 atom stereocenters. The fourth-order valence-electron chi connectivity index (χ4n) is 2.81. The van der Waals surface area contributed by atoms with E-state index in [0.717, 1.165) is 4.68 Å². The first-order valence-corrected chi connectivity index (χ1v) is 7.70. The van der Waals surface area contributed by atoms with Gasteiger partial charge in [0.2, 0.25) is 0 Å². The van der Waals surface area contributed by atoms with Crippen molar-refractivity contribution in [2.24, 2.45) is 5.73 Å². The van der Waals surface area contributed by atoms with Gasteiger partial charge in [0.15, 0.2) is 11.7 Å². The molecule has 0 radical (unpaired) electrons. The fourth-order valence-corrected chi connectivity index (χ4v) is 2.81. The van der Waals surface area contributed by atoms with Crippen molar-refractivity contribution in [2.75, 3.05) is 6.61 Å². The number of aliphatic hydroxyl groups is 3. The number of carbonyl (C=O) groups excluding carboxylic acids is 1. The van der Waals surface area contributed by atoms with Crippen LogP contribution >= 0.6 is 0 Å². The molecule has 2 aromatic rings. The van der Waals surface area contributed by atoms with Crippen LogP contribution in [0, 0.1) is 0 Å². The molecular weight excluding hydrogens is 336 g/mol. The second-order valence-electron chi connectivity index (χ2n) is 5.71. The van der Waals surface area contributed by atoms with Crippen LogP contribution in [0.3, 0.4) is 0 Å². The number of rotatable bonds is 4. The molecule has 0 aliphatic carbocycles. The molecule has 5 N–H and O–H groups in total. The molecule has 0 spiro atoms. The largest absolute Gasteiger partial charge is 0.394 e. The molecule has 0 saturated carbocycles. The van der Waals surface area contributed by atoms with Crippen molar-refractivity contribution in [3.05, 3.63) is 16.0 Å². The van der Waals surface area contributed by atoms with Crippen molar-refractivity contribution in [1.82, 2.24) is 24.8 Å². The Hall–Kier alpha value is -2.41. The van der Waals surface area contributed by atoms with E-state index in [-0.39, 0.29) is 11.0 Å². The number of fused-ring (bicyclic) bond motifs is 1. The molecule has 12 heteroatoms. The minimum Gasteiger partial charge on any atom is -0.394 e. The third-order valence-corrected chi connectivity index (χ3v) is 4.04. The van der Waals surface area contributed by atoms with Gasteiger partial charge >= 0.3 is 6.03 Å². The number of primary amides is 1. The van der Waals surface area contributed by atoms with E-state index in [1.165, 1.54) is 0 Å². The topological polar surface area (TPSA) is 179 Å². The molecule has 2 aromatic heterocycles. The van der Waals surface area contributed by atoms with Crippen LogP contribution in [-0.2, 0) is 11.2 Å². The second-order valence-corrected chi connectivity index (χ2v) is 5.71. The summed E-state index contributed by atoms with van der Waals surface area (Å²) in [5.41, 5.74) is 4.79. The lowest BCUT2D eigenvalue weighted by molar-refractivity contribution is -0.0619. The highest BCUT2D eigenvalue weighted by atomic mass is 16.6. The summed E-state index contributed by atoms with van der Waals surface area (Å²) in [4.78, 5) is 24.4. The summed E-state index contributed by atoms with van der Waals surface area (Å²) < 4.78 is 6.70. The minimum atomic E-state index is -1.51. The van der Waals surface area contributed by atoms with Crippen molar-refractivity contribution in [3.63, 3.8) is 0 Å². The van der Waals surface area contributed by atoms with Crippen molar-refractivity contribution >= 4 is 17.1 Å². The summed E-state index contributed by atoms with van der Waals surface area (Å²) in [6, 6.07) is -0.967. The average Bonchev–Trinajstić information content (AvgIpc) is 3.09. The number of hydrogen-bond donors (Lipinski definition) is 4. The average molecular weight is 354 g/mol. The Balaban J connectivity index is 2.16. The number of amides is 1. The van der Waals surface area contributed by atoms with Gasteiger partial charge in [-0.15, -0.1) is 5.10 Å². The van der Waals surface area contributed by atoms with Gasteiger partial charge in [-0.2, -0.15) is 14.5 Å². The predicted octanol–water partition coefficient (Wildman–Crippen LogP) is -2.52. The Bertz CT molecular complexity index is 863. The van der Waals surface area contributed by atoms with Crippen LogP contribution in [0.5, 0.6) is 0 Å². The summed E-state index contributed by atoms with van der Waals surface area (Å²) in [7, 11) is 0. The molecule has 1 aliphatic heterocycles. The molecule has 0 aromatic carbocycles. The Labute approximate surface area is 140 Å². The number of aromatic nitrogens is 5. The van der Waals surface area contributed by atoms with E-state index in [9.17, 15) is 19.8 Å². The molecular formula is C13H18N6O6. The Morgan fingerprint density at radius 2 is 2.08 bits per heavy atom. The molecule has 1 aliphatic rings. The maximum absolute atomic E-state index is 12.8. The monoisotopic (exact) mass is 354 g/mol. The summed E-state index contributed by atoms with van der Waals surface area (Å²) in [6.07, 6.45) is -4.21. The highest BCUT2D eigenvalue weighted by Crippen LogP contribution is 2.27. The number of nitrogens with zero attached hydrogens (tertiary/aromatic N) is 5. The fraction of sp³-hybridized carbons (Fsp3) is 0.615. The number of hydrogen-bond acceptors (Lipinski definition) is 9. The van der Waals surface area contributed by atoms with E-state index in [1.807, 2.05) is 6.92 Å². The zero-order chi connectivity index (χ0) is 18.3. The zero-order valence-corrected chi connectivity index (χ0v) is 13.3. The second kappa shape index (κ2) is 6.48. The predicted molar refractivity (Wildman–Crippen MR) is 81.6 cm³/mol. The molecule has 25 heavy (non-hydrogen) atoms. The first-order chi connectivity index (χ1) is 11.9. The van der Waals surface area contributed by atoms with Crippen LogP contribution in [0.15, 0.2) is 4.79 Å². The lowest BCUT2D eigenvalue weighted by Gasteiger charge is -2.15. The van der Waals surface area contributed by atoms with Crippen molar-refractivity contribution < 1.29 is 24.9 Å². The van der Waals surface area contributed by atoms with E-state index in [1.54, 1.807) is 0 Å². The van der Waals surface area contributed by atoms with Crippen LogP contribution in [-0.4, -0.2) is 71.0 Å². The Morgan fingerprint density at radius 1 is 1.36 bits per heavy atom. The highest BCUT2D eigenvalue weighted by molar-refractivity contribution is 5.87. The first kappa shape index (κ1) is 17.4. The van der Waals surface area contributed by atoms with Crippen LogP contribution in [0.25, 0.3) is 11.0 Å². The molecule has 4 unspecified atom stereocenters. The molecule has 1 fully saturated rings. The van der Waals surface area contributed by atoms with Gasteiger partial charge in [-0.05, 0) is 6.42 Å². The van der Waals surface area contributed by atoms with E-state index in [0.29, 0.717) is 23.2 Å². The number of aliphatic hydroxyl groups excluding tert-OH is 3. The third-order valence-electron chi connectivity index (χ3n) is 4.04. The summed E-state index contributed by atoms with van der Waals surface area (Å²) in [6.45, 7) is 1.34. The summed E-state index contributed by atoms with van der Waals surface area (Å²) in [5, 5.41) is 40.7. The van der Waals surface area contributed by atoms with Gasteiger partial charge in [-0.25, -0.2) is 4.79 Å². The SMILES string of the molecule is CCCc1nn(C(N)=O)c2c(=O)n(C3OC(CO)C(O)C3O)nnc12. The molecule has 0 bridgehead atoms. The molecule has 3 rings (SSSR count). The third kappa shape index (κ3) is 2.68. The molecule has 1 amide bonds. The van der Waals surface area contributed by atoms with Gasteiger partial charge in [0.25, 0.3) is 5.56 Å². The van der Waals surface area contributed by atoms with Gasteiger partial charge < -0.3 is 25.8 Å². The van der Waals surface area contributed by atoms with Crippen molar-refractivity contribution in [1.29, 1.82) is 0 Å². The maximum Gasteiger partial charge on any atom is 0.340 e. The van der Waals surface area contributed by atoms with Gasteiger partial charge in [0.1, 0.15) is 23.8 Å². The van der Waals surface area contributed by atoms with Crippen molar-refractivity contribution in [2.45, 2.75) is 44.3 Å². The van der Waals surface area contributed by atoms with E-state index >= 15 is 0 Å². The quantitative estimate of drug-likeness (QED) is 0.461. The van der Waals surface area contributed by atoms with Crippen LogP contribution in [0.1, 0.15) is 25.3 Å². The van der Waals surface area contributed by atoms with E-state index in [2.05, 4.69) is 15.4 Å². The Morgan fingerprint density at radius 3 is 2.64 bits per heavy atom. The van der Waals surface area contributed by atoms with E-state index < -0.39 is 42.7 Å². The van der Waals surface area contributed by atoms with Crippen LogP contribution < -0.4 is 11.3 Å². The Kier molecular flexibility index (Phi) is 4.51.